The summed E-state index contributed by atoms with van der Waals surface area (Å²) in [4.78, 5) is 25.5. The minimum Gasteiger partial charge on any atom is -0.496 e. The number of methoxy groups -OCH3 is 1. The maximum atomic E-state index is 12.9. The summed E-state index contributed by atoms with van der Waals surface area (Å²) in [7, 11) is 1.59. The number of rotatable bonds is 8. The normalized spacial score (nSPS) is 12.0. The fourth-order valence-electron chi connectivity index (χ4n) is 3.76. The summed E-state index contributed by atoms with van der Waals surface area (Å²) in [5, 5.41) is 11.9. The van der Waals surface area contributed by atoms with Crippen molar-refractivity contribution in [1.82, 2.24) is 16.0 Å². The highest BCUT2D eigenvalue weighted by molar-refractivity contribution is 6.02. The average molecular weight is 458 g/mol. The van der Waals surface area contributed by atoms with Crippen LogP contribution in [0.1, 0.15) is 27.0 Å². The van der Waals surface area contributed by atoms with Crippen LogP contribution in [0.15, 0.2) is 72.4 Å². The number of carbonyl (C=O) groups is 2. The van der Waals surface area contributed by atoms with Gasteiger partial charge in [0.15, 0.2) is 0 Å². The van der Waals surface area contributed by atoms with Crippen LogP contribution >= 0.6 is 0 Å². The zero-order valence-corrected chi connectivity index (χ0v) is 18.9. The molecule has 2 amide bonds. The molecular weight excluding hydrogens is 430 g/mol. The number of ether oxygens (including phenoxy) is 1. The molecule has 1 aliphatic heterocycles. The van der Waals surface area contributed by atoms with E-state index in [1.165, 1.54) is 0 Å². The van der Waals surface area contributed by atoms with Gasteiger partial charge >= 0.3 is 0 Å². The summed E-state index contributed by atoms with van der Waals surface area (Å²) in [6, 6.07) is 20.5. The fourth-order valence-corrected chi connectivity index (χ4v) is 3.76. The number of nitrogens with two attached hydrogens (primary N) is 1. The number of para-hydroxylation sites is 2. The Morgan fingerprint density at radius 3 is 2.62 bits per heavy atom. The second-order valence-corrected chi connectivity index (χ2v) is 7.73. The van der Waals surface area contributed by atoms with E-state index in [4.69, 9.17) is 10.5 Å². The van der Waals surface area contributed by atoms with Gasteiger partial charge in [-0.25, -0.2) is 0 Å². The Hall–Kier alpha value is -4.46. The first-order chi connectivity index (χ1) is 16.6. The van der Waals surface area contributed by atoms with Crippen molar-refractivity contribution in [3.05, 3.63) is 94.7 Å². The number of nitrogens with one attached hydrogen (secondary N) is 4. The van der Waals surface area contributed by atoms with Gasteiger partial charge in [-0.3, -0.25) is 9.59 Å². The molecule has 34 heavy (non-hydrogen) atoms. The summed E-state index contributed by atoms with van der Waals surface area (Å²) in [5.41, 5.74) is 10.9. The number of fused-ring (bicyclic) bond motifs is 1. The third-order valence-corrected chi connectivity index (χ3v) is 5.56. The molecule has 0 fully saturated rings. The van der Waals surface area contributed by atoms with Crippen molar-refractivity contribution in [3.8, 4) is 5.75 Å². The number of anilines is 2. The minimum absolute atomic E-state index is 0.0977. The number of hydrogen-bond donors (Lipinski definition) is 5. The third-order valence-electron chi connectivity index (χ3n) is 5.56. The molecule has 0 aliphatic carbocycles. The van der Waals surface area contributed by atoms with E-state index in [1.54, 1.807) is 25.3 Å². The van der Waals surface area contributed by atoms with Gasteiger partial charge in [0, 0.05) is 18.7 Å². The Morgan fingerprint density at radius 1 is 0.971 bits per heavy atom. The van der Waals surface area contributed by atoms with Gasteiger partial charge in [-0.1, -0.05) is 48.5 Å². The van der Waals surface area contributed by atoms with Gasteiger partial charge in [-0.15, -0.1) is 0 Å². The summed E-state index contributed by atoms with van der Waals surface area (Å²) < 4.78 is 5.34. The molecule has 0 saturated heterocycles. The number of nitrogen functional groups attached to an aromatic ring is 1. The van der Waals surface area contributed by atoms with E-state index in [1.807, 2.05) is 54.6 Å². The van der Waals surface area contributed by atoms with Crippen molar-refractivity contribution in [2.45, 2.75) is 13.1 Å². The zero-order valence-electron chi connectivity index (χ0n) is 18.9. The largest absolute Gasteiger partial charge is 0.496 e. The monoisotopic (exact) mass is 457 g/mol. The second-order valence-electron chi connectivity index (χ2n) is 7.73. The molecule has 3 aromatic rings. The molecule has 174 valence electrons. The highest BCUT2D eigenvalue weighted by atomic mass is 16.5. The summed E-state index contributed by atoms with van der Waals surface area (Å²) in [5.74, 6) is 0.156. The molecule has 0 atom stereocenters. The van der Waals surface area contributed by atoms with Gasteiger partial charge in [0.05, 0.1) is 30.7 Å². The fraction of sp³-hybridized carbons (Fsp3) is 0.154. The van der Waals surface area contributed by atoms with Crippen molar-refractivity contribution in [1.29, 1.82) is 0 Å². The van der Waals surface area contributed by atoms with Crippen LogP contribution in [-0.4, -0.2) is 25.6 Å². The summed E-state index contributed by atoms with van der Waals surface area (Å²) in [6.07, 6.45) is 1.82. The Kier molecular flexibility index (Phi) is 6.98. The van der Waals surface area contributed by atoms with E-state index in [0.717, 1.165) is 16.7 Å². The maximum absolute atomic E-state index is 12.9. The Balaban J connectivity index is 1.39. The lowest BCUT2D eigenvalue weighted by Crippen LogP contribution is -2.36. The Bertz CT molecular complexity index is 1240. The molecule has 3 aromatic carbocycles. The maximum Gasteiger partial charge on any atom is 0.268 e. The van der Waals surface area contributed by atoms with Crippen LogP contribution in [0, 0.1) is 0 Å². The summed E-state index contributed by atoms with van der Waals surface area (Å²) >= 11 is 0. The molecule has 0 spiro atoms. The summed E-state index contributed by atoms with van der Waals surface area (Å²) in [6.45, 7) is 0.987. The minimum atomic E-state index is -0.291. The molecule has 8 heteroatoms. The van der Waals surface area contributed by atoms with E-state index in [0.29, 0.717) is 41.5 Å². The molecular formula is C26H27N5O3. The first kappa shape index (κ1) is 22.7. The number of hydrogen-bond acceptors (Lipinski definition) is 6. The van der Waals surface area contributed by atoms with E-state index in [-0.39, 0.29) is 18.5 Å². The number of benzene rings is 3. The van der Waals surface area contributed by atoms with E-state index >= 15 is 0 Å². The standard InChI is InChI=1S/C26H27N5O3/c1-34-23-12-5-4-9-19(23)15-29-25(32)20-10-6-11-21(27)24(20)30-16-31-26(33)22-13-17-7-2-3-8-18(17)14-28-22/h2-13,28,30H,14-16,27H2,1H3,(H,29,32)(H,31,33). The van der Waals surface area contributed by atoms with Crippen LogP contribution < -0.4 is 31.7 Å². The topological polar surface area (TPSA) is 118 Å². The number of amides is 2. The van der Waals surface area contributed by atoms with Crippen molar-refractivity contribution in [2.75, 3.05) is 24.8 Å². The molecule has 1 heterocycles. The smallest absolute Gasteiger partial charge is 0.268 e. The lowest BCUT2D eigenvalue weighted by Gasteiger charge is -2.19. The molecule has 1 aliphatic rings. The van der Waals surface area contributed by atoms with Crippen molar-refractivity contribution < 1.29 is 14.3 Å². The third kappa shape index (κ3) is 5.12. The van der Waals surface area contributed by atoms with Crippen LogP contribution in [-0.2, 0) is 17.9 Å². The number of carbonyl (C=O) groups excluding carboxylic acids is 2. The molecule has 0 bridgehead atoms. The first-order valence-electron chi connectivity index (χ1n) is 10.9. The van der Waals surface area contributed by atoms with Gasteiger partial charge < -0.3 is 31.7 Å². The highest BCUT2D eigenvalue weighted by Crippen LogP contribution is 2.24. The van der Waals surface area contributed by atoms with Gasteiger partial charge in [0.25, 0.3) is 11.8 Å². The molecule has 4 rings (SSSR count). The second kappa shape index (κ2) is 10.4. The molecule has 0 saturated carbocycles. The van der Waals surface area contributed by atoms with Gasteiger partial charge in [0.1, 0.15) is 11.4 Å². The van der Waals surface area contributed by atoms with Crippen LogP contribution in [0.5, 0.6) is 5.75 Å². The van der Waals surface area contributed by atoms with Gasteiger partial charge in [0.2, 0.25) is 0 Å². The Labute approximate surface area is 198 Å². The van der Waals surface area contributed by atoms with Crippen molar-refractivity contribution in [3.63, 3.8) is 0 Å². The van der Waals surface area contributed by atoms with Crippen LogP contribution in [0.4, 0.5) is 11.4 Å². The van der Waals surface area contributed by atoms with Crippen molar-refractivity contribution >= 4 is 29.3 Å². The first-order valence-corrected chi connectivity index (χ1v) is 10.9. The average Bonchev–Trinajstić information content (AvgIpc) is 2.87. The molecule has 8 nitrogen and oxygen atoms in total. The zero-order chi connectivity index (χ0) is 23.9. The lowest BCUT2D eigenvalue weighted by atomic mass is 10.0. The quantitative estimate of drug-likeness (QED) is 0.262. The van der Waals surface area contributed by atoms with E-state index < -0.39 is 0 Å². The highest BCUT2D eigenvalue weighted by Gasteiger charge is 2.17. The van der Waals surface area contributed by atoms with Crippen molar-refractivity contribution in [2.24, 2.45) is 0 Å². The predicted octanol–water partition coefficient (Wildman–Crippen LogP) is 2.84. The predicted molar refractivity (Wildman–Crippen MR) is 133 cm³/mol. The van der Waals surface area contributed by atoms with Crippen LogP contribution in [0.3, 0.4) is 0 Å². The van der Waals surface area contributed by atoms with E-state index in [2.05, 4.69) is 21.3 Å². The molecule has 0 radical (unpaired) electrons. The van der Waals surface area contributed by atoms with Gasteiger partial charge in [-0.2, -0.15) is 0 Å². The lowest BCUT2D eigenvalue weighted by molar-refractivity contribution is -0.117. The van der Waals surface area contributed by atoms with Gasteiger partial charge in [-0.05, 0) is 35.4 Å². The van der Waals surface area contributed by atoms with E-state index in [9.17, 15) is 9.59 Å². The SMILES string of the molecule is COc1ccccc1CNC(=O)c1cccc(N)c1NCNC(=O)C1=Cc2ccccc2CN1. The van der Waals surface area contributed by atoms with Crippen LogP contribution in [0.25, 0.3) is 6.08 Å². The molecule has 6 N–H and O–H groups in total. The Morgan fingerprint density at radius 2 is 1.76 bits per heavy atom. The van der Waals surface area contributed by atoms with Crippen LogP contribution in [0.2, 0.25) is 0 Å². The molecule has 0 unspecified atom stereocenters. The molecule has 0 aromatic heterocycles.